The molecule has 0 atom stereocenters. The predicted octanol–water partition coefficient (Wildman–Crippen LogP) is 3.54. The van der Waals surface area contributed by atoms with Crippen LogP contribution in [0.25, 0.3) is 0 Å². The van der Waals surface area contributed by atoms with Gasteiger partial charge in [-0.1, -0.05) is 33.1 Å². The average molecular weight is 294 g/mol. The lowest BCUT2D eigenvalue weighted by atomic mass is 9.62. The minimum atomic E-state index is 0.516. The van der Waals surface area contributed by atoms with Gasteiger partial charge in [-0.15, -0.1) is 0 Å². The number of piperidine rings is 1. The van der Waals surface area contributed by atoms with Crippen molar-refractivity contribution in [1.82, 2.24) is 9.80 Å². The third-order valence-electron chi connectivity index (χ3n) is 6.23. The smallest absolute Gasteiger partial charge is 0.209 e. The van der Waals surface area contributed by atoms with Crippen LogP contribution in [0.4, 0.5) is 0 Å². The molecule has 0 unspecified atom stereocenters. The molecule has 2 rings (SSSR count). The standard InChI is InChI=1S/C18H34N2O/c1-3-19(4-2)13-10-18(17-8-6-5-7-9-17)11-14-20(16-21)15-12-18/h16-17H,3-15H2,1-2H3. The van der Waals surface area contributed by atoms with Gasteiger partial charge in [0.25, 0.3) is 0 Å². The highest BCUT2D eigenvalue weighted by Crippen LogP contribution is 2.48. The van der Waals surface area contributed by atoms with Crippen LogP contribution < -0.4 is 0 Å². The highest BCUT2D eigenvalue weighted by molar-refractivity contribution is 5.47. The van der Waals surface area contributed by atoms with Crippen molar-refractivity contribution in [2.75, 3.05) is 32.7 Å². The Morgan fingerprint density at radius 2 is 1.71 bits per heavy atom. The summed E-state index contributed by atoms with van der Waals surface area (Å²) in [6.45, 7) is 10.1. The second-order valence-electron chi connectivity index (χ2n) is 7.12. The molecule has 0 aromatic carbocycles. The summed E-state index contributed by atoms with van der Waals surface area (Å²) in [5.41, 5.74) is 0.516. The highest BCUT2D eigenvalue weighted by Gasteiger charge is 2.41. The summed E-state index contributed by atoms with van der Waals surface area (Å²) < 4.78 is 0. The van der Waals surface area contributed by atoms with Crippen molar-refractivity contribution in [3.8, 4) is 0 Å². The van der Waals surface area contributed by atoms with Crippen LogP contribution in [0.5, 0.6) is 0 Å². The van der Waals surface area contributed by atoms with Gasteiger partial charge in [0.1, 0.15) is 0 Å². The van der Waals surface area contributed by atoms with Crippen LogP contribution in [0.1, 0.15) is 65.2 Å². The van der Waals surface area contributed by atoms with Crippen LogP contribution in [-0.2, 0) is 4.79 Å². The number of carbonyl (C=O) groups is 1. The second-order valence-corrected chi connectivity index (χ2v) is 7.12. The topological polar surface area (TPSA) is 23.6 Å². The normalized spacial score (nSPS) is 23.5. The molecule has 0 aromatic heterocycles. The van der Waals surface area contributed by atoms with E-state index in [1.165, 1.54) is 57.9 Å². The van der Waals surface area contributed by atoms with E-state index in [1.54, 1.807) is 0 Å². The summed E-state index contributed by atoms with van der Waals surface area (Å²) >= 11 is 0. The molecule has 3 heteroatoms. The van der Waals surface area contributed by atoms with Crippen LogP contribution in [0.15, 0.2) is 0 Å². The number of hydrogen-bond donors (Lipinski definition) is 0. The lowest BCUT2D eigenvalue weighted by Crippen LogP contribution is -2.45. The zero-order chi connectivity index (χ0) is 15.1. The van der Waals surface area contributed by atoms with Gasteiger partial charge in [0.05, 0.1) is 0 Å². The van der Waals surface area contributed by atoms with E-state index in [9.17, 15) is 4.79 Å². The molecule has 2 aliphatic rings. The highest BCUT2D eigenvalue weighted by atomic mass is 16.1. The maximum Gasteiger partial charge on any atom is 0.209 e. The fourth-order valence-corrected chi connectivity index (χ4v) is 4.57. The quantitative estimate of drug-likeness (QED) is 0.671. The summed E-state index contributed by atoms with van der Waals surface area (Å²) in [7, 11) is 0. The predicted molar refractivity (Wildman–Crippen MR) is 88.3 cm³/mol. The van der Waals surface area contributed by atoms with Gasteiger partial charge in [0, 0.05) is 13.1 Å². The van der Waals surface area contributed by atoms with E-state index in [2.05, 4.69) is 18.7 Å². The van der Waals surface area contributed by atoms with E-state index in [1.807, 2.05) is 4.90 Å². The van der Waals surface area contributed by atoms with Crippen molar-refractivity contribution in [1.29, 1.82) is 0 Å². The summed E-state index contributed by atoms with van der Waals surface area (Å²) in [6.07, 6.45) is 12.0. The molecule has 0 aromatic rings. The summed E-state index contributed by atoms with van der Waals surface area (Å²) in [5.74, 6) is 0.913. The third kappa shape index (κ3) is 4.21. The molecule has 1 aliphatic carbocycles. The first-order valence-corrected chi connectivity index (χ1v) is 9.16. The Labute approximate surface area is 131 Å². The average Bonchev–Trinajstić information content (AvgIpc) is 2.57. The monoisotopic (exact) mass is 294 g/mol. The van der Waals surface area contributed by atoms with Crippen molar-refractivity contribution in [2.45, 2.75) is 65.2 Å². The Morgan fingerprint density at radius 1 is 1.10 bits per heavy atom. The van der Waals surface area contributed by atoms with Crippen LogP contribution in [0.3, 0.4) is 0 Å². The number of carbonyl (C=O) groups excluding carboxylic acids is 1. The van der Waals surface area contributed by atoms with E-state index in [0.29, 0.717) is 5.41 Å². The molecule has 0 radical (unpaired) electrons. The number of hydrogen-bond acceptors (Lipinski definition) is 2. The lowest BCUT2D eigenvalue weighted by molar-refractivity contribution is -0.121. The van der Waals surface area contributed by atoms with Gasteiger partial charge in [-0.05, 0) is 63.1 Å². The Morgan fingerprint density at radius 3 is 2.24 bits per heavy atom. The van der Waals surface area contributed by atoms with Gasteiger partial charge >= 0.3 is 0 Å². The molecule has 1 aliphatic heterocycles. The Kier molecular flexibility index (Phi) is 6.53. The molecule has 122 valence electrons. The third-order valence-corrected chi connectivity index (χ3v) is 6.23. The van der Waals surface area contributed by atoms with Crippen molar-refractivity contribution in [3.63, 3.8) is 0 Å². The second kappa shape index (κ2) is 8.17. The molecule has 0 bridgehead atoms. The Balaban J connectivity index is 2.01. The van der Waals surface area contributed by atoms with Gasteiger partial charge in [0.15, 0.2) is 0 Å². The minimum absolute atomic E-state index is 0.516. The lowest BCUT2D eigenvalue weighted by Gasteiger charge is -2.48. The number of likely N-dealkylation sites (tertiary alicyclic amines) is 1. The van der Waals surface area contributed by atoms with E-state index in [-0.39, 0.29) is 0 Å². The molecule has 2 fully saturated rings. The first kappa shape index (κ1) is 16.8. The molecule has 0 spiro atoms. The minimum Gasteiger partial charge on any atom is -0.345 e. The van der Waals surface area contributed by atoms with Crippen molar-refractivity contribution in [2.24, 2.45) is 11.3 Å². The largest absolute Gasteiger partial charge is 0.345 e. The zero-order valence-corrected chi connectivity index (χ0v) is 14.1. The van der Waals surface area contributed by atoms with Crippen molar-refractivity contribution < 1.29 is 4.79 Å². The van der Waals surface area contributed by atoms with E-state index >= 15 is 0 Å². The molecule has 1 saturated carbocycles. The van der Waals surface area contributed by atoms with Crippen LogP contribution in [0, 0.1) is 11.3 Å². The molecule has 0 N–H and O–H groups in total. The molecule has 1 amide bonds. The maximum absolute atomic E-state index is 11.0. The number of nitrogens with zero attached hydrogens (tertiary/aromatic N) is 2. The van der Waals surface area contributed by atoms with Crippen LogP contribution >= 0.6 is 0 Å². The van der Waals surface area contributed by atoms with E-state index < -0.39 is 0 Å². The summed E-state index contributed by atoms with van der Waals surface area (Å²) in [4.78, 5) is 15.6. The Hall–Kier alpha value is -0.570. The maximum atomic E-state index is 11.0. The van der Waals surface area contributed by atoms with Crippen molar-refractivity contribution >= 4 is 6.41 Å². The first-order chi connectivity index (χ1) is 10.2. The molecule has 1 saturated heterocycles. The van der Waals surface area contributed by atoms with E-state index in [4.69, 9.17) is 0 Å². The van der Waals surface area contributed by atoms with Crippen LogP contribution in [0.2, 0.25) is 0 Å². The SMILES string of the molecule is CCN(CC)CCC1(C2CCCCC2)CCN(C=O)CC1. The molecule has 21 heavy (non-hydrogen) atoms. The molecular formula is C18H34N2O. The van der Waals surface area contributed by atoms with Crippen LogP contribution in [-0.4, -0.2) is 48.9 Å². The fraction of sp³-hybridized carbons (Fsp3) is 0.944. The van der Waals surface area contributed by atoms with Gasteiger partial charge in [0.2, 0.25) is 6.41 Å². The van der Waals surface area contributed by atoms with Crippen molar-refractivity contribution in [3.05, 3.63) is 0 Å². The van der Waals surface area contributed by atoms with Gasteiger partial charge in [-0.2, -0.15) is 0 Å². The van der Waals surface area contributed by atoms with Gasteiger partial charge < -0.3 is 9.80 Å². The molecule has 3 nitrogen and oxygen atoms in total. The summed E-state index contributed by atoms with van der Waals surface area (Å²) in [6, 6.07) is 0. The fourth-order valence-electron chi connectivity index (χ4n) is 4.57. The van der Waals surface area contributed by atoms with Gasteiger partial charge in [-0.25, -0.2) is 0 Å². The number of amides is 1. The zero-order valence-electron chi connectivity index (χ0n) is 14.1. The number of rotatable bonds is 7. The van der Waals surface area contributed by atoms with E-state index in [0.717, 1.165) is 38.5 Å². The first-order valence-electron chi connectivity index (χ1n) is 9.16. The Bertz CT molecular complexity index is 300. The molecule has 1 heterocycles. The van der Waals surface area contributed by atoms with Gasteiger partial charge in [-0.3, -0.25) is 4.79 Å². The molecular weight excluding hydrogens is 260 g/mol. The summed E-state index contributed by atoms with van der Waals surface area (Å²) in [5, 5.41) is 0.